The van der Waals surface area contributed by atoms with Crippen LogP contribution in [0.4, 0.5) is 27.6 Å². The molecule has 2 aromatic rings. The zero-order chi connectivity index (χ0) is 24.5. The highest BCUT2D eigenvalue weighted by Gasteiger charge is 2.48. The molecule has 14 heteroatoms. The van der Waals surface area contributed by atoms with Crippen LogP contribution < -0.4 is 15.5 Å². The summed E-state index contributed by atoms with van der Waals surface area (Å²) in [5.74, 6) is -3.67. The molecule has 5 nitrogen and oxygen atoms in total. The number of benzene rings is 2. The number of carbonyl (C=O) groups excluding carboxylic acids is 2. The number of fused-ring (bicyclic) bond motifs is 1. The Bertz CT molecular complexity index is 1200. The number of hydrogen-bond donors (Lipinski definition) is 1. The van der Waals surface area contributed by atoms with E-state index >= 15 is 4.39 Å². The largest absolute Gasteiger partial charge is 0.480 e. The van der Waals surface area contributed by atoms with Gasteiger partial charge in [0.05, 0.1) is 21.4 Å². The summed E-state index contributed by atoms with van der Waals surface area (Å²) < 4.78 is 74.8. The number of rotatable bonds is 3. The van der Waals surface area contributed by atoms with E-state index in [9.17, 15) is 32.2 Å². The third-order valence-corrected chi connectivity index (χ3v) is 9.84. The Hall–Kier alpha value is -1.74. The number of thioether (sulfide) groups is 1. The van der Waals surface area contributed by atoms with Gasteiger partial charge in [-0.3, -0.25) is 9.59 Å². The van der Waals surface area contributed by atoms with E-state index < -0.39 is 67.2 Å². The second-order valence-electron chi connectivity index (χ2n) is 7.99. The van der Waals surface area contributed by atoms with Crippen molar-refractivity contribution in [1.29, 1.82) is 0 Å². The molecule has 174 valence electrons. The summed E-state index contributed by atoms with van der Waals surface area (Å²) >= 11 is 3.28. The van der Waals surface area contributed by atoms with Gasteiger partial charge in [-0.1, -0.05) is 15.9 Å². The fourth-order valence-electron chi connectivity index (χ4n) is 3.91. The molecule has 1 fully saturated rings. The second-order valence-corrected chi connectivity index (χ2v) is 13.8. The number of imide groups is 1. The molecule has 2 aromatic carbocycles. The lowest BCUT2D eigenvalue weighted by Gasteiger charge is -2.20. The number of amides is 2. The van der Waals surface area contributed by atoms with E-state index in [2.05, 4.69) is 15.9 Å². The summed E-state index contributed by atoms with van der Waals surface area (Å²) in [7, 11) is -4.35. The van der Waals surface area contributed by atoms with Gasteiger partial charge < -0.3 is 9.37 Å². The molecule has 0 aromatic heterocycles. The van der Waals surface area contributed by atoms with Crippen molar-refractivity contribution < 1.29 is 40.9 Å². The quantitative estimate of drug-likeness (QED) is 0.351. The molecular weight excluding hydrogens is 552 g/mol. The van der Waals surface area contributed by atoms with Crippen molar-refractivity contribution in [2.75, 3.05) is 4.90 Å². The smallest absolute Gasteiger partial charge is 0.446 e. The van der Waals surface area contributed by atoms with Crippen molar-refractivity contribution in [3.05, 3.63) is 45.9 Å². The molecule has 0 radical (unpaired) electrons. The first kappa shape index (κ1) is 24.4. The van der Waals surface area contributed by atoms with Gasteiger partial charge in [-0.15, -0.1) is 11.8 Å². The Balaban J connectivity index is 1.67. The number of carbonyl (C=O) groups is 2. The van der Waals surface area contributed by atoms with Gasteiger partial charge in [0.2, 0.25) is 20.1 Å². The van der Waals surface area contributed by atoms with Gasteiger partial charge in [0, 0.05) is 16.1 Å². The topological polar surface area (TPSA) is 66.8 Å². The van der Waals surface area contributed by atoms with E-state index in [4.69, 9.17) is 4.34 Å². The molecule has 2 heterocycles. The lowest BCUT2D eigenvalue weighted by Crippen LogP contribution is -2.46. The van der Waals surface area contributed by atoms with Crippen molar-refractivity contribution in [2.45, 2.75) is 35.8 Å². The van der Waals surface area contributed by atoms with Crippen LogP contribution in [0.5, 0.6) is 0 Å². The number of nitrogens with zero attached hydrogens (tertiary/aromatic N) is 1. The molecule has 0 spiro atoms. The average molecular weight is 566 g/mol. The summed E-state index contributed by atoms with van der Waals surface area (Å²) in [5, 5.41) is 8.79. The third kappa shape index (κ3) is 4.16. The van der Waals surface area contributed by atoms with E-state index in [0.29, 0.717) is 22.7 Å². The highest BCUT2D eigenvalue weighted by atomic mass is 79.9. The molecule has 4 rings (SSSR count). The van der Waals surface area contributed by atoms with Crippen LogP contribution in [0.25, 0.3) is 0 Å². The minimum absolute atomic E-state index is 0.0176. The maximum atomic E-state index is 15.3. The number of halogens is 6. The van der Waals surface area contributed by atoms with Gasteiger partial charge in [-0.25, -0.2) is 13.7 Å². The zero-order valence-electron chi connectivity index (χ0n) is 17.0. The minimum atomic E-state index is -4.73. The summed E-state index contributed by atoms with van der Waals surface area (Å²) in [4.78, 5) is 25.5. The van der Waals surface area contributed by atoms with Crippen molar-refractivity contribution in [3.63, 3.8) is 0 Å². The van der Waals surface area contributed by atoms with Crippen LogP contribution in [0, 0.1) is 11.6 Å². The minimum Gasteiger partial charge on any atom is -0.446 e. The van der Waals surface area contributed by atoms with Gasteiger partial charge in [0.15, 0.2) is 0 Å². The highest BCUT2D eigenvalue weighted by Crippen LogP contribution is 2.40. The standard InChI is InChI=1S/C19H14BBrF5NO4SSi/c1-33(2)17-10(20(30)31-33)6-12(22)16(15(17)23)32-13-7-14(28)27(18(13)29)8-3-4-11(21)9(5-8)19(24,25)26/h3-6,13,30H,7H2,1-2H3. The first-order valence-corrected chi connectivity index (χ1v) is 14.1. The molecule has 0 saturated carbocycles. The van der Waals surface area contributed by atoms with Crippen molar-refractivity contribution >= 4 is 71.3 Å². The Morgan fingerprint density at radius 1 is 1.24 bits per heavy atom. The summed E-state index contributed by atoms with van der Waals surface area (Å²) in [5.41, 5.74) is -1.38. The SMILES string of the molecule is C[Si]1(C)OB(O)c2cc(F)c(SC3CC(=O)N(c4ccc(Br)c(C(F)(F)F)c4)C3=O)c(F)c21. The molecule has 1 unspecified atom stereocenters. The molecule has 1 N–H and O–H groups in total. The van der Waals surface area contributed by atoms with Gasteiger partial charge in [-0.05, 0) is 42.8 Å². The third-order valence-electron chi connectivity index (χ3n) is 5.36. The summed E-state index contributed by atoms with van der Waals surface area (Å²) in [6.45, 7) is 3.24. The van der Waals surface area contributed by atoms with Crippen LogP contribution in [-0.2, 0) is 20.1 Å². The molecule has 1 atom stereocenters. The fraction of sp³-hybridized carbons (Fsp3) is 0.263. The normalized spacial score (nSPS) is 20.1. The Kier molecular flexibility index (Phi) is 6.05. The fourth-order valence-corrected chi connectivity index (χ4v) is 7.92. The molecule has 33 heavy (non-hydrogen) atoms. The van der Waals surface area contributed by atoms with Crippen LogP contribution in [0.15, 0.2) is 33.6 Å². The highest BCUT2D eigenvalue weighted by molar-refractivity contribution is 9.10. The predicted molar refractivity (Wildman–Crippen MR) is 118 cm³/mol. The van der Waals surface area contributed by atoms with Crippen molar-refractivity contribution in [2.24, 2.45) is 0 Å². The lowest BCUT2D eigenvalue weighted by molar-refractivity contribution is -0.138. The van der Waals surface area contributed by atoms with Crippen molar-refractivity contribution in [1.82, 2.24) is 0 Å². The zero-order valence-corrected chi connectivity index (χ0v) is 20.4. The number of alkyl halides is 3. The Morgan fingerprint density at radius 2 is 1.91 bits per heavy atom. The van der Waals surface area contributed by atoms with Crippen LogP contribution in [0.3, 0.4) is 0 Å². The maximum absolute atomic E-state index is 15.3. The molecule has 0 aliphatic carbocycles. The maximum Gasteiger partial charge on any atom is 0.480 e. The van der Waals surface area contributed by atoms with Crippen LogP contribution >= 0.6 is 27.7 Å². The molecule has 2 aliphatic heterocycles. The lowest BCUT2D eigenvalue weighted by atomic mass is 9.80. The molecular formula is C19H14BBrF5NO4SSi. The summed E-state index contributed by atoms with van der Waals surface area (Å²) in [6.07, 6.45) is -5.17. The van der Waals surface area contributed by atoms with Gasteiger partial charge in [-0.2, -0.15) is 13.2 Å². The van der Waals surface area contributed by atoms with Crippen LogP contribution in [0.2, 0.25) is 13.1 Å². The number of hydrogen-bond acceptors (Lipinski definition) is 5. The Morgan fingerprint density at radius 3 is 2.55 bits per heavy atom. The van der Waals surface area contributed by atoms with Gasteiger partial charge in [0.1, 0.15) is 11.6 Å². The molecule has 0 bridgehead atoms. The van der Waals surface area contributed by atoms with Gasteiger partial charge >= 0.3 is 13.3 Å². The van der Waals surface area contributed by atoms with E-state index in [1.165, 1.54) is 6.07 Å². The van der Waals surface area contributed by atoms with Gasteiger partial charge in [0.25, 0.3) is 0 Å². The molecule has 2 aliphatic rings. The van der Waals surface area contributed by atoms with E-state index in [0.717, 1.165) is 12.1 Å². The summed E-state index contributed by atoms with van der Waals surface area (Å²) in [6, 6.07) is 3.84. The first-order valence-electron chi connectivity index (χ1n) is 9.51. The van der Waals surface area contributed by atoms with E-state index in [1.807, 2.05) is 0 Å². The predicted octanol–water partition coefficient (Wildman–Crippen LogP) is 3.30. The Labute approximate surface area is 198 Å². The van der Waals surface area contributed by atoms with Crippen LogP contribution in [-0.4, -0.2) is 37.5 Å². The number of anilines is 1. The van der Waals surface area contributed by atoms with E-state index in [1.54, 1.807) is 13.1 Å². The van der Waals surface area contributed by atoms with Crippen molar-refractivity contribution in [3.8, 4) is 0 Å². The second kappa shape index (κ2) is 8.19. The van der Waals surface area contributed by atoms with Crippen LogP contribution in [0.1, 0.15) is 12.0 Å². The van der Waals surface area contributed by atoms with E-state index in [-0.39, 0.29) is 20.8 Å². The molecule has 1 saturated heterocycles. The average Bonchev–Trinajstić information content (AvgIpc) is 3.09. The molecule has 2 amide bonds. The monoisotopic (exact) mass is 565 g/mol. The first-order chi connectivity index (χ1) is 15.2.